The number of halogens is 1. The zero-order valence-electron chi connectivity index (χ0n) is 9.41. The molecule has 0 atom stereocenters. The Labute approximate surface area is 117 Å². The number of benzene rings is 1. The van der Waals surface area contributed by atoms with E-state index in [0.717, 1.165) is 9.39 Å². The van der Waals surface area contributed by atoms with Gasteiger partial charge in [-0.3, -0.25) is 10.1 Å². The first-order chi connectivity index (χ1) is 8.66. The first-order valence-electron chi connectivity index (χ1n) is 5.65. The molecule has 0 N–H and O–H groups in total. The standard InChI is InChI=1S/C12H10IN3O2/c13-12-11(8-1-2-8)7-14-15(12)9-3-5-10(6-4-9)16(17)18/h3-8H,1-2H2. The van der Waals surface area contributed by atoms with Gasteiger partial charge in [0.2, 0.25) is 0 Å². The summed E-state index contributed by atoms with van der Waals surface area (Å²) in [6.07, 6.45) is 4.38. The van der Waals surface area contributed by atoms with Crippen molar-refractivity contribution in [2.75, 3.05) is 0 Å². The van der Waals surface area contributed by atoms with Crippen molar-refractivity contribution in [1.82, 2.24) is 9.78 Å². The molecule has 0 bridgehead atoms. The average molecular weight is 355 g/mol. The van der Waals surface area contributed by atoms with Crippen LogP contribution in [0, 0.1) is 13.8 Å². The SMILES string of the molecule is O=[N+]([O-])c1ccc(-n2ncc(C3CC3)c2I)cc1. The molecule has 0 spiro atoms. The van der Waals surface area contributed by atoms with E-state index in [2.05, 4.69) is 27.7 Å². The van der Waals surface area contributed by atoms with Gasteiger partial charge in [-0.25, -0.2) is 4.68 Å². The van der Waals surface area contributed by atoms with Crippen LogP contribution in [0.15, 0.2) is 30.5 Å². The fraction of sp³-hybridized carbons (Fsp3) is 0.250. The molecule has 1 heterocycles. The molecule has 1 aliphatic rings. The second-order valence-corrected chi connectivity index (χ2v) is 5.37. The van der Waals surface area contributed by atoms with E-state index in [1.54, 1.807) is 12.1 Å². The van der Waals surface area contributed by atoms with E-state index < -0.39 is 4.92 Å². The molecular weight excluding hydrogens is 345 g/mol. The van der Waals surface area contributed by atoms with Crippen molar-refractivity contribution in [3.8, 4) is 5.69 Å². The first kappa shape index (κ1) is 11.6. The smallest absolute Gasteiger partial charge is 0.258 e. The van der Waals surface area contributed by atoms with Crippen LogP contribution in [-0.4, -0.2) is 14.7 Å². The number of nitro benzene ring substituents is 1. The van der Waals surface area contributed by atoms with Crippen molar-refractivity contribution >= 4 is 28.3 Å². The first-order valence-corrected chi connectivity index (χ1v) is 6.73. The molecule has 1 aromatic heterocycles. The maximum absolute atomic E-state index is 10.6. The van der Waals surface area contributed by atoms with Crippen LogP contribution < -0.4 is 0 Å². The minimum Gasteiger partial charge on any atom is -0.258 e. The van der Waals surface area contributed by atoms with E-state index in [1.807, 2.05) is 10.9 Å². The summed E-state index contributed by atoms with van der Waals surface area (Å²) in [6, 6.07) is 6.46. The summed E-state index contributed by atoms with van der Waals surface area (Å²) in [7, 11) is 0. The molecule has 1 aromatic carbocycles. The van der Waals surface area contributed by atoms with Crippen LogP contribution in [0.2, 0.25) is 0 Å². The summed E-state index contributed by atoms with van der Waals surface area (Å²) in [5, 5.41) is 15.0. The van der Waals surface area contributed by atoms with Crippen molar-refractivity contribution in [2.24, 2.45) is 0 Å². The summed E-state index contributed by atoms with van der Waals surface area (Å²) >= 11 is 2.28. The highest BCUT2D eigenvalue weighted by Gasteiger charge is 2.28. The van der Waals surface area contributed by atoms with Gasteiger partial charge in [0, 0.05) is 17.7 Å². The number of rotatable bonds is 3. The molecule has 0 amide bonds. The maximum atomic E-state index is 10.6. The summed E-state index contributed by atoms with van der Waals surface area (Å²) < 4.78 is 2.93. The maximum Gasteiger partial charge on any atom is 0.269 e. The largest absolute Gasteiger partial charge is 0.269 e. The monoisotopic (exact) mass is 355 g/mol. The Morgan fingerprint density at radius 2 is 2.00 bits per heavy atom. The minimum atomic E-state index is -0.395. The van der Waals surface area contributed by atoms with Crippen molar-refractivity contribution in [3.05, 3.63) is 49.8 Å². The number of non-ortho nitro benzene ring substituents is 1. The highest BCUT2D eigenvalue weighted by Crippen LogP contribution is 2.42. The van der Waals surface area contributed by atoms with Gasteiger partial charge in [-0.2, -0.15) is 5.10 Å². The fourth-order valence-electron chi connectivity index (χ4n) is 1.91. The number of nitrogens with zero attached hydrogens (tertiary/aromatic N) is 3. The van der Waals surface area contributed by atoms with E-state index in [4.69, 9.17) is 0 Å². The zero-order chi connectivity index (χ0) is 12.7. The van der Waals surface area contributed by atoms with Crippen LogP contribution in [0.1, 0.15) is 24.3 Å². The van der Waals surface area contributed by atoms with Crippen molar-refractivity contribution < 1.29 is 4.92 Å². The molecule has 2 aromatic rings. The lowest BCUT2D eigenvalue weighted by Crippen LogP contribution is -1.99. The van der Waals surface area contributed by atoms with Gasteiger partial charge in [0.05, 0.1) is 16.8 Å². The van der Waals surface area contributed by atoms with E-state index >= 15 is 0 Å². The number of hydrogen-bond donors (Lipinski definition) is 0. The van der Waals surface area contributed by atoms with E-state index in [1.165, 1.54) is 30.5 Å². The lowest BCUT2D eigenvalue weighted by molar-refractivity contribution is -0.384. The Hall–Kier alpha value is -1.44. The summed E-state index contributed by atoms with van der Waals surface area (Å²) in [5.74, 6) is 0.656. The fourth-order valence-corrected chi connectivity index (χ4v) is 2.89. The molecule has 0 unspecified atom stereocenters. The molecule has 0 aliphatic heterocycles. The Morgan fingerprint density at radius 3 is 2.56 bits per heavy atom. The molecule has 0 radical (unpaired) electrons. The predicted octanol–water partition coefficient (Wildman–Crippen LogP) is 3.26. The van der Waals surface area contributed by atoms with E-state index in [9.17, 15) is 10.1 Å². The minimum absolute atomic E-state index is 0.100. The van der Waals surface area contributed by atoms with Gasteiger partial charge in [0.1, 0.15) is 3.70 Å². The van der Waals surface area contributed by atoms with Crippen molar-refractivity contribution in [2.45, 2.75) is 18.8 Å². The number of hydrogen-bond acceptors (Lipinski definition) is 3. The third-order valence-corrected chi connectivity index (χ3v) is 4.14. The van der Waals surface area contributed by atoms with Crippen molar-refractivity contribution in [1.29, 1.82) is 0 Å². The second kappa shape index (κ2) is 4.34. The molecular formula is C12H10IN3O2. The van der Waals surface area contributed by atoms with Crippen LogP contribution in [0.3, 0.4) is 0 Å². The van der Waals surface area contributed by atoms with E-state index in [-0.39, 0.29) is 5.69 Å². The van der Waals surface area contributed by atoms with Gasteiger partial charge in [0.25, 0.3) is 5.69 Å². The number of nitro groups is 1. The Bertz CT molecular complexity index is 602. The molecule has 3 rings (SSSR count). The van der Waals surface area contributed by atoms with Crippen LogP contribution in [-0.2, 0) is 0 Å². The van der Waals surface area contributed by atoms with Gasteiger partial charge in [-0.1, -0.05) is 0 Å². The second-order valence-electron chi connectivity index (χ2n) is 4.35. The van der Waals surface area contributed by atoms with Gasteiger partial charge in [-0.05, 0) is 53.5 Å². The highest BCUT2D eigenvalue weighted by molar-refractivity contribution is 14.1. The normalized spacial score (nSPS) is 14.7. The van der Waals surface area contributed by atoms with Crippen LogP contribution in [0.25, 0.3) is 5.69 Å². The average Bonchev–Trinajstić information content (AvgIpc) is 3.13. The Balaban J connectivity index is 1.96. The molecule has 18 heavy (non-hydrogen) atoms. The van der Waals surface area contributed by atoms with Crippen molar-refractivity contribution in [3.63, 3.8) is 0 Å². The Morgan fingerprint density at radius 1 is 1.33 bits per heavy atom. The lowest BCUT2D eigenvalue weighted by Gasteiger charge is -2.03. The third-order valence-electron chi connectivity index (χ3n) is 3.06. The van der Waals surface area contributed by atoms with Gasteiger partial charge < -0.3 is 0 Å². The van der Waals surface area contributed by atoms with Gasteiger partial charge >= 0.3 is 0 Å². The molecule has 5 nitrogen and oxygen atoms in total. The van der Waals surface area contributed by atoms with Gasteiger partial charge in [0.15, 0.2) is 0 Å². The molecule has 92 valence electrons. The third kappa shape index (κ3) is 2.00. The van der Waals surface area contributed by atoms with Crippen LogP contribution in [0.5, 0.6) is 0 Å². The summed E-state index contributed by atoms with van der Waals surface area (Å²) in [5.41, 5.74) is 2.24. The molecule has 0 saturated heterocycles. The van der Waals surface area contributed by atoms with Crippen LogP contribution in [0.4, 0.5) is 5.69 Å². The molecule has 1 saturated carbocycles. The number of aromatic nitrogens is 2. The lowest BCUT2D eigenvalue weighted by atomic mass is 10.2. The van der Waals surface area contributed by atoms with Crippen LogP contribution >= 0.6 is 22.6 Å². The summed E-state index contributed by atoms with van der Waals surface area (Å²) in [6.45, 7) is 0. The van der Waals surface area contributed by atoms with E-state index in [0.29, 0.717) is 5.92 Å². The zero-order valence-corrected chi connectivity index (χ0v) is 11.6. The Kier molecular flexibility index (Phi) is 2.81. The summed E-state index contributed by atoms with van der Waals surface area (Å²) in [4.78, 5) is 10.2. The predicted molar refractivity (Wildman–Crippen MR) is 74.9 cm³/mol. The quantitative estimate of drug-likeness (QED) is 0.482. The molecule has 1 fully saturated rings. The topological polar surface area (TPSA) is 61.0 Å². The highest BCUT2D eigenvalue weighted by atomic mass is 127. The molecule has 1 aliphatic carbocycles. The molecule has 6 heteroatoms. The van der Waals surface area contributed by atoms with Gasteiger partial charge in [-0.15, -0.1) is 0 Å².